The van der Waals surface area contributed by atoms with Gasteiger partial charge in [0.2, 0.25) is 0 Å². The van der Waals surface area contributed by atoms with Gasteiger partial charge in [0.25, 0.3) is 0 Å². The molecule has 0 unspecified atom stereocenters. The summed E-state index contributed by atoms with van der Waals surface area (Å²) in [6.45, 7) is 0. The predicted molar refractivity (Wildman–Crippen MR) is 127 cm³/mol. The molecular formula is C23H22N6O6. The number of phenols is 1. The number of methoxy groups -OCH3 is 2. The number of ether oxygens (including phenoxy) is 3. The Balaban J connectivity index is 1.46. The number of carbonyl (C=O) groups excluding carboxylic acids is 2. The lowest BCUT2D eigenvalue weighted by molar-refractivity contribution is 0.240. The van der Waals surface area contributed by atoms with Crippen LogP contribution in [-0.2, 0) is 7.05 Å². The fraction of sp³-hybridized carbons (Fsp3) is 0.130. The number of amides is 4. The second-order valence-corrected chi connectivity index (χ2v) is 7.19. The van der Waals surface area contributed by atoms with Crippen molar-refractivity contribution in [1.82, 2.24) is 20.1 Å². The number of imide groups is 1. The van der Waals surface area contributed by atoms with Crippen molar-refractivity contribution in [2.45, 2.75) is 0 Å². The summed E-state index contributed by atoms with van der Waals surface area (Å²) in [6.07, 6.45) is 3.08. The van der Waals surface area contributed by atoms with Crippen LogP contribution < -0.4 is 30.2 Å². The van der Waals surface area contributed by atoms with Gasteiger partial charge in [0.1, 0.15) is 23.1 Å². The van der Waals surface area contributed by atoms with E-state index >= 15 is 0 Å². The summed E-state index contributed by atoms with van der Waals surface area (Å²) in [5, 5.41) is 21.9. The monoisotopic (exact) mass is 478 g/mol. The highest BCUT2D eigenvalue weighted by Gasteiger charge is 2.14. The summed E-state index contributed by atoms with van der Waals surface area (Å²) < 4.78 is 18.0. The first kappa shape index (κ1) is 23.2. The Morgan fingerprint density at radius 3 is 2.34 bits per heavy atom. The summed E-state index contributed by atoms with van der Waals surface area (Å²) in [6, 6.07) is 9.44. The second kappa shape index (κ2) is 9.87. The van der Waals surface area contributed by atoms with Crippen LogP contribution in [0.25, 0.3) is 10.9 Å². The molecule has 0 aliphatic rings. The third-order valence-corrected chi connectivity index (χ3v) is 4.94. The lowest BCUT2D eigenvalue weighted by atomic mass is 10.2. The fourth-order valence-corrected chi connectivity index (χ4v) is 3.24. The number of benzene rings is 2. The number of fused-ring (bicyclic) bond motifs is 1. The molecule has 12 heteroatoms. The number of rotatable bonds is 6. The zero-order valence-corrected chi connectivity index (χ0v) is 19.0. The summed E-state index contributed by atoms with van der Waals surface area (Å²) in [5.41, 5.74) is 0.706. The van der Waals surface area contributed by atoms with Gasteiger partial charge in [-0.3, -0.25) is 20.3 Å². The number of nitrogens with one attached hydrogen (secondary N) is 3. The Bertz CT molecular complexity index is 1400. The molecule has 0 fully saturated rings. The van der Waals surface area contributed by atoms with Crippen LogP contribution in [0.1, 0.15) is 0 Å². The first-order valence-corrected chi connectivity index (χ1v) is 10.3. The van der Waals surface area contributed by atoms with Gasteiger partial charge in [0.15, 0.2) is 11.5 Å². The lowest BCUT2D eigenvalue weighted by Crippen LogP contribution is -2.37. The molecule has 4 amide bonds. The highest BCUT2D eigenvalue weighted by Crippen LogP contribution is 2.38. The standard InChI is InChI=1S/C23H22N6O6/c1-29-21(7-9-25-29)27-23(32)28-22(31)26-15-5-4-13(10-17(15)30)35-18-6-8-24-16-12-20(34-3)19(33-2)11-14(16)18/h4-12,30H,1-3H3,(H3,26,27,28,31,32). The van der Waals surface area contributed by atoms with Crippen LogP contribution in [-0.4, -0.2) is 46.2 Å². The van der Waals surface area contributed by atoms with Crippen molar-refractivity contribution in [3.05, 3.63) is 54.9 Å². The number of carbonyl (C=O) groups is 2. The maximum absolute atomic E-state index is 12.1. The van der Waals surface area contributed by atoms with Crippen molar-refractivity contribution < 1.29 is 28.9 Å². The molecule has 12 nitrogen and oxygen atoms in total. The number of hydrogen-bond donors (Lipinski definition) is 4. The number of urea groups is 2. The first-order chi connectivity index (χ1) is 16.9. The van der Waals surface area contributed by atoms with E-state index in [1.54, 1.807) is 43.6 Å². The van der Waals surface area contributed by atoms with Crippen LogP contribution in [0.5, 0.6) is 28.7 Å². The van der Waals surface area contributed by atoms with E-state index in [4.69, 9.17) is 14.2 Å². The molecule has 0 radical (unpaired) electrons. The van der Waals surface area contributed by atoms with Crippen molar-refractivity contribution in [2.24, 2.45) is 7.05 Å². The largest absolute Gasteiger partial charge is 0.506 e. The van der Waals surface area contributed by atoms with Crippen molar-refractivity contribution in [1.29, 1.82) is 0 Å². The Morgan fingerprint density at radius 2 is 1.66 bits per heavy atom. The van der Waals surface area contributed by atoms with Gasteiger partial charge >= 0.3 is 12.1 Å². The van der Waals surface area contributed by atoms with E-state index in [1.165, 1.54) is 37.2 Å². The number of anilines is 2. The van der Waals surface area contributed by atoms with Crippen LogP contribution in [0, 0.1) is 0 Å². The molecule has 0 bridgehead atoms. The Kier molecular flexibility index (Phi) is 6.53. The average molecular weight is 478 g/mol. The molecule has 0 aliphatic carbocycles. The van der Waals surface area contributed by atoms with Crippen LogP contribution in [0.4, 0.5) is 21.1 Å². The van der Waals surface area contributed by atoms with Crippen molar-refractivity contribution in [2.75, 3.05) is 24.9 Å². The van der Waals surface area contributed by atoms with E-state index in [2.05, 4.69) is 26.0 Å². The smallest absolute Gasteiger partial charge is 0.328 e. The molecule has 0 atom stereocenters. The molecule has 4 rings (SSSR count). The minimum absolute atomic E-state index is 0.0779. The zero-order chi connectivity index (χ0) is 24.9. The second-order valence-electron chi connectivity index (χ2n) is 7.19. The average Bonchev–Trinajstić information content (AvgIpc) is 3.24. The molecule has 0 aliphatic heterocycles. The van der Waals surface area contributed by atoms with Crippen molar-refractivity contribution >= 4 is 34.5 Å². The highest BCUT2D eigenvalue weighted by molar-refractivity contribution is 6.05. The number of aromatic hydroxyl groups is 1. The van der Waals surface area contributed by atoms with E-state index in [9.17, 15) is 14.7 Å². The van der Waals surface area contributed by atoms with Gasteiger partial charge in [-0.15, -0.1) is 0 Å². The molecule has 0 spiro atoms. The number of aryl methyl sites for hydroxylation is 1. The zero-order valence-electron chi connectivity index (χ0n) is 19.0. The van der Waals surface area contributed by atoms with Crippen LogP contribution in [0.15, 0.2) is 54.9 Å². The van der Waals surface area contributed by atoms with Crippen molar-refractivity contribution in [3.63, 3.8) is 0 Å². The maximum Gasteiger partial charge on any atom is 0.328 e. The molecule has 0 saturated carbocycles. The normalized spacial score (nSPS) is 10.5. The van der Waals surface area contributed by atoms with Gasteiger partial charge in [0.05, 0.1) is 31.6 Å². The number of phenolic OH excluding ortho intramolecular Hbond substituents is 1. The van der Waals surface area contributed by atoms with Crippen molar-refractivity contribution in [3.8, 4) is 28.7 Å². The topological polar surface area (TPSA) is 149 Å². The number of nitrogens with zero attached hydrogens (tertiary/aromatic N) is 3. The molecule has 180 valence electrons. The number of hydrogen-bond acceptors (Lipinski definition) is 8. The molecule has 35 heavy (non-hydrogen) atoms. The molecule has 2 aromatic heterocycles. The van der Waals surface area contributed by atoms with Gasteiger partial charge in [-0.05, 0) is 24.3 Å². The van der Waals surface area contributed by atoms with E-state index in [1.807, 2.05) is 0 Å². The Morgan fingerprint density at radius 1 is 0.914 bits per heavy atom. The maximum atomic E-state index is 12.1. The number of pyridine rings is 1. The SMILES string of the molecule is COc1cc2nccc(Oc3ccc(NC(=O)NC(=O)Nc4ccnn4C)c(O)c3)c2cc1OC. The molecule has 4 aromatic rings. The molecule has 0 saturated heterocycles. The third kappa shape index (κ3) is 5.16. The summed E-state index contributed by atoms with van der Waals surface area (Å²) >= 11 is 0. The minimum atomic E-state index is -0.838. The third-order valence-electron chi connectivity index (χ3n) is 4.94. The van der Waals surface area contributed by atoms with Crippen LogP contribution in [0.2, 0.25) is 0 Å². The summed E-state index contributed by atoms with van der Waals surface area (Å²) in [4.78, 5) is 28.4. The predicted octanol–water partition coefficient (Wildman–Crippen LogP) is 3.84. The van der Waals surface area contributed by atoms with Gasteiger partial charge in [-0.2, -0.15) is 5.10 Å². The van der Waals surface area contributed by atoms with Gasteiger partial charge in [-0.25, -0.2) is 9.59 Å². The lowest BCUT2D eigenvalue weighted by Gasteiger charge is -2.13. The van der Waals surface area contributed by atoms with Gasteiger partial charge in [0, 0.05) is 36.8 Å². The highest BCUT2D eigenvalue weighted by atomic mass is 16.5. The fourth-order valence-electron chi connectivity index (χ4n) is 3.24. The van der Waals surface area contributed by atoms with E-state index in [-0.39, 0.29) is 11.4 Å². The Labute approximate surface area is 199 Å². The van der Waals surface area contributed by atoms with Crippen LogP contribution in [0.3, 0.4) is 0 Å². The summed E-state index contributed by atoms with van der Waals surface area (Å²) in [5.74, 6) is 1.97. The minimum Gasteiger partial charge on any atom is -0.506 e. The van der Waals surface area contributed by atoms with Crippen LogP contribution >= 0.6 is 0 Å². The van der Waals surface area contributed by atoms with E-state index < -0.39 is 12.1 Å². The molecular weight excluding hydrogens is 456 g/mol. The molecule has 2 aromatic carbocycles. The quantitative estimate of drug-likeness (QED) is 0.306. The van der Waals surface area contributed by atoms with E-state index in [0.29, 0.717) is 39.7 Å². The van der Waals surface area contributed by atoms with Gasteiger partial charge in [-0.1, -0.05) is 0 Å². The molecule has 2 heterocycles. The Hall–Kier alpha value is -5.00. The summed E-state index contributed by atoms with van der Waals surface area (Å²) in [7, 11) is 4.71. The van der Waals surface area contributed by atoms with Gasteiger partial charge < -0.3 is 24.6 Å². The number of aromatic nitrogens is 3. The van der Waals surface area contributed by atoms with E-state index in [0.717, 1.165) is 0 Å². The molecule has 4 N–H and O–H groups in total. The first-order valence-electron chi connectivity index (χ1n) is 10.3.